The summed E-state index contributed by atoms with van der Waals surface area (Å²) in [6, 6.07) is 8.24. The molecule has 2 saturated heterocycles. The minimum atomic E-state index is 0. The van der Waals surface area contributed by atoms with Crippen LogP contribution in [0.5, 0.6) is 5.75 Å². The van der Waals surface area contributed by atoms with Gasteiger partial charge < -0.3 is 15.2 Å². The maximum Gasteiger partial charge on any atom is 0.115 e. The Morgan fingerprint density at radius 3 is 2.23 bits per heavy atom. The molecule has 126 valence electrons. The molecule has 2 heterocycles. The molecular formula is C16H26Cl2N2O2. The van der Waals surface area contributed by atoms with E-state index in [1.165, 1.54) is 5.56 Å². The van der Waals surface area contributed by atoms with Gasteiger partial charge in [-0.1, -0.05) is 12.1 Å². The Balaban J connectivity index is 0.00000121. The third-order valence-corrected chi connectivity index (χ3v) is 4.49. The second-order valence-corrected chi connectivity index (χ2v) is 5.77. The van der Waals surface area contributed by atoms with Crippen LogP contribution in [0.25, 0.3) is 0 Å². The fourth-order valence-corrected chi connectivity index (χ4v) is 3.44. The van der Waals surface area contributed by atoms with E-state index in [0.29, 0.717) is 17.7 Å². The van der Waals surface area contributed by atoms with Gasteiger partial charge in [-0.15, -0.1) is 24.8 Å². The van der Waals surface area contributed by atoms with Crippen LogP contribution in [0.15, 0.2) is 24.3 Å². The first-order chi connectivity index (χ1) is 9.84. The SMILES string of the molecule is Cl.Cl.Oc1ccc([C@H](C2CCOCC2)N2CCNCC2)cc1. The number of rotatable bonds is 3. The van der Waals surface area contributed by atoms with Crippen molar-refractivity contribution in [2.45, 2.75) is 18.9 Å². The van der Waals surface area contributed by atoms with Crippen molar-refractivity contribution < 1.29 is 9.84 Å². The molecule has 3 rings (SSSR count). The van der Waals surface area contributed by atoms with E-state index in [2.05, 4.69) is 22.3 Å². The van der Waals surface area contributed by atoms with Crippen LogP contribution in [0, 0.1) is 5.92 Å². The molecule has 22 heavy (non-hydrogen) atoms. The average molecular weight is 349 g/mol. The van der Waals surface area contributed by atoms with Crippen LogP contribution in [0.1, 0.15) is 24.4 Å². The van der Waals surface area contributed by atoms with Gasteiger partial charge in [-0.3, -0.25) is 4.90 Å². The van der Waals surface area contributed by atoms with Crippen LogP contribution in [-0.2, 0) is 4.74 Å². The standard InChI is InChI=1S/C16H24N2O2.2ClH/c19-15-3-1-13(2-4-15)16(14-5-11-20-12-6-14)18-9-7-17-8-10-18;;/h1-4,14,16-17,19H,5-12H2;2*1H/t16-;;/m1../s1. The first-order valence-corrected chi connectivity index (χ1v) is 7.66. The quantitative estimate of drug-likeness (QED) is 0.881. The fraction of sp³-hybridized carbons (Fsp3) is 0.625. The van der Waals surface area contributed by atoms with Gasteiger partial charge >= 0.3 is 0 Å². The monoisotopic (exact) mass is 348 g/mol. The van der Waals surface area contributed by atoms with E-state index in [-0.39, 0.29) is 24.8 Å². The van der Waals surface area contributed by atoms with E-state index < -0.39 is 0 Å². The van der Waals surface area contributed by atoms with Gasteiger partial charge in [0.1, 0.15) is 5.75 Å². The highest BCUT2D eigenvalue weighted by atomic mass is 35.5. The number of aromatic hydroxyl groups is 1. The molecule has 0 saturated carbocycles. The lowest BCUT2D eigenvalue weighted by Crippen LogP contribution is -2.47. The molecule has 6 heteroatoms. The van der Waals surface area contributed by atoms with Crippen LogP contribution in [-0.4, -0.2) is 49.4 Å². The summed E-state index contributed by atoms with van der Waals surface area (Å²) in [4.78, 5) is 2.60. The van der Waals surface area contributed by atoms with Crippen LogP contribution in [0.3, 0.4) is 0 Å². The molecule has 1 aromatic rings. The van der Waals surface area contributed by atoms with Gasteiger partial charge in [0.05, 0.1) is 0 Å². The number of nitrogens with one attached hydrogen (secondary N) is 1. The van der Waals surface area contributed by atoms with Crippen LogP contribution in [0.4, 0.5) is 0 Å². The Bertz CT molecular complexity index is 401. The second kappa shape index (κ2) is 9.58. The molecule has 2 aliphatic heterocycles. The summed E-state index contributed by atoms with van der Waals surface area (Å²) < 4.78 is 5.52. The minimum Gasteiger partial charge on any atom is -0.508 e. The molecule has 2 aliphatic rings. The van der Waals surface area contributed by atoms with Crippen molar-refractivity contribution in [1.82, 2.24) is 10.2 Å². The van der Waals surface area contributed by atoms with Crippen molar-refractivity contribution in [3.63, 3.8) is 0 Å². The van der Waals surface area contributed by atoms with E-state index in [1.807, 2.05) is 12.1 Å². The van der Waals surface area contributed by atoms with E-state index >= 15 is 0 Å². The minimum absolute atomic E-state index is 0. The third-order valence-electron chi connectivity index (χ3n) is 4.49. The summed E-state index contributed by atoms with van der Waals surface area (Å²) in [6.45, 7) is 6.10. The van der Waals surface area contributed by atoms with Crippen molar-refractivity contribution in [3.05, 3.63) is 29.8 Å². The smallest absolute Gasteiger partial charge is 0.115 e. The maximum absolute atomic E-state index is 9.52. The zero-order valence-corrected chi connectivity index (χ0v) is 14.4. The highest BCUT2D eigenvalue weighted by molar-refractivity contribution is 5.85. The lowest BCUT2D eigenvalue weighted by molar-refractivity contribution is 0.0213. The molecular weight excluding hydrogens is 323 g/mol. The first-order valence-electron chi connectivity index (χ1n) is 7.66. The van der Waals surface area contributed by atoms with Crippen molar-refractivity contribution >= 4 is 24.8 Å². The molecule has 0 bridgehead atoms. The lowest BCUT2D eigenvalue weighted by Gasteiger charge is -2.41. The van der Waals surface area contributed by atoms with E-state index in [4.69, 9.17) is 4.74 Å². The number of hydrogen-bond donors (Lipinski definition) is 2. The number of phenols is 1. The van der Waals surface area contributed by atoms with Gasteiger partial charge in [0.25, 0.3) is 0 Å². The van der Waals surface area contributed by atoms with Crippen molar-refractivity contribution in [1.29, 1.82) is 0 Å². The summed E-state index contributed by atoms with van der Waals surface area (Å²) in [5, 5.41) is 12.9. The molecule has 1 atom stereocenters. The maximum atomic E-state index is 9.52. The Morgan fingerprint density at radius 1 is 1.05 bits per heavy atom. The van der Waals surface area contributed by atoms with Gasteiger partial charge in [0, 0.05) is 45.4 Å². The van der Waals surface area contributed by atoms with Crippen molar-refractivity contribution in [2.75, 3.05) is 39.4 Å². The molecule has 0 aliphatic carbocycles. The number of halogens is 2. The van der Waals surface area contributed by atoms with Gasteiger partial charge in [-0.25, -0.2) is 0 Å². The number of piperazine rings is 1. The molecule has 2 fully saturated rings. The average Bonchev–Trinajstić information content (AvgIpc) is 2.52. The molecule has 0 spiro atoms. The largest absolute Gasteiger partial charge is 0.508 e. The zero-order valence-electron chi connectivity index (χ0n) is 12.7. The molecule has 2 N–H and O–H groups in total. The topological polar surface area (TPSA) is 44.7 Å². The fourth-order valence-electron chi connectivity index (χ4n) is 3.44. The summed E-state index contributed by atoms with van der Waals surface area (Å²) in [5.41, 5.74) is 1.33. The van der Waals surface area contributed by atoms with Crippen LogP contribution in [0.2, 0.25) is 0 Å². The van der Waals surface area contributed by atoms with Gasteiger partial charge in [-0.2, -0.15) is 0 Å². The van der Waals surface area contributed by atoms with Crippen LogP contribution >= 0.6 is 24.8 Å². The normalized spacial score (nSPS) is 21.5. The first kappa shape index (κ1) is 19.5. The van der Waals surface area contributed by atoms with Gasteiger partial charge in [-0.05, 0) is 36.5 Å². The van der Waals surface area contributed by atoms with Crippen molar-refractivity contribution in [2.24, 2.45) is 5.92 Å². The second-order valence-electron chi connectivity index (χ2n) is 5.77. The summed E-state index contributed by atoms with van der Waals surface area (Å²) in [6.07, 6.45) is 2.27. The molecule has 4 nitrogen and oxygen atoms in total. The Kier molecular flexibility index (Phi) is 8.50. The molecule has 0 amide bonds. The molecule has 0 radical (unpaired) electrons. The highest BCUT2D eigenvalue weighted by Crippen LogP contribution is 2.35. The molecule has 0 unspecified atom stereocenters. The van der Waals surface area contributed by atoms with E-state index in [1.54, 1.807) is 0 Å². The highest BCUT2D eigenvalue weighted by Gasteiger charge is 2.31. The Morgan fingerprint density at radius 2 is 1.64 bits per heavy atom. The van der Waals surface area contributed by atoms with E-state index in [9.17, 15) is 5.11 Å². The van der Waals surface area contributed by atoms with Crippen molar-refractivity contribution in [3.8, 4) is 5.75 Å². The number of hydrogen-bond acceptors (Lipinski definition) is 4. The van der Waals surface area contributed by atoms with Gasteiger partial charge in [0.15, 0.2) is 0 Å². The number of ether oxygens (including phenoxy) is 1. The lowest BCUT2D eigenvalue weighted by atomic mass is 9.85. The number of nitrogens with zero attached hydrogens (tertiary/aromatic N) is 1. The summed E-state index contributed by atoms with van der Waals surface area (Å²) in [7, 11) is 0. The van der Waals surface area contributed by atoms with Gasteiger partial charge in [0.2, 0.25) is 0 Å². The number of phenolic OH excluding ortho intramolecular Hbond substituents is 1. The Hall–Kier alpha value is -0.520. The van der Waals surface area contributed by atoms with E-state index in [0.717, 1.165) is 52.2 Å². The summed E-state index contributed by atoms with van der Waals surface area (Å²) in [5.74, 6) is 1.01. The molecule has 0 aromatic heterocycles. The third kappa shape index (κ3) is 4.74. The predicted molar refractivity (Wildman–Crippen MR) is 93.3 cm³/mol. The Labute approximate surface area is 145 Å². The molecule has 1 aromatic carbocycles. The summed E-state index contributed by atoms with van der Waals surface area (Å²) >= 11 is 0. The van der Waals surface area contributed by atoms with Crippen LogP contribution < -0.4 is 5.32 Å². The number of benzene rings is 1. The zero-order chi connectivity index (χ0) is 13.8. The predicted octanol–water partition coefficient (Wildman–Crippen LogP) is 2.61.